The highest BCUT2D eigenvalue weighted by atomic mass is 32.2. The molecule has 1 heterocycles. The molecular formula is C12H14N2O4S. The van der Waals surface area contributed by atoms with Crippen LogP contribution in [-0.4, -0.2) is 39.5 Å². The van der Waals surface area contributed by atoms with Crippen molar-refractivity contribution in [3.05, 3.63) is 24.0 Å². The van der Waals surface area contributed by atoms with Crippen LogP contribution in [0.3, 0.4) is 0 Å². The van der Waals surface area contributed by atoms with Gasteiger partial charge in [-0.25, -0.2) is 4.79 Å². The Kier molecular flexibility index (Phi) is 5.50. The van der Waals surface area contributed by atoms with Crippen molar-refractivity contribution in [2.75, 3.05) is 5.75 Å². The maximum Gasteiger partial charge on any atom is 0.327 e. The first-order chi connectivity index (χ1) is 8.90. The molecule has 0 aliphatic heterocycles. The SMILES string of the molecule is CC(=O)N[C@@H](CSc1ccc(C(C)=O)nc1)C(=O)O. The van der Waals surface area contributed by atoms with E-state index in [0.29, 0.717) is 5.69 Å². The fourth-order valence-corrected chi connectivity index (χ4v) is 2.15. The second kappa shape index (κ2) is 6.89. The van der Waals surface area contributed by atoms with E-state index in [2.05, 4.69) is 10.3 Å². The summed E-state index contributed by atoms with van der Waals surface area (Å²) in [5.74, 6) is -1.41. The molecule has 0 spiro atoms. The average Bonchev–Trinajstić information content (AvgIpc) is 2.34. The number of amides is 1. The summed E-state index contributed by atoms with van der Waals surface area (Å²) in [6.45, 7) is 2.69. The number of thioether (sulfide) groups is 1. The summed E-state index contributed by atoms with van der Waals surface area (Å²) >= 11 is 1.25. The van der Waals surface area contributed by atoms with Crippen molar-refractivity contribution in [3.8, 4) is 0 Å². The van der Waals surface area contributed by atoms with Crippen LogP contribution in [0.15, 0.2) is 23.2 Å². The number of ketones is 1. The molecule has 0 bridgehead atoms. The molecule has 0 fully saturated rings. The molecule has 0 unspecified atom stereocenters. The smallest absolute Gasteiger partial charge is 0.327 e. The predicted octanol–water partition coefficient (Wildman–Crippen LogP) is 0.966. The molecule has 2 N–H and O–H groups in total. The third-order valence-electron chi connectivity index (χ3n) is 2.19. The minimum absolute atomic E-state index is 0.127. The summed E-state index contributed by atoms with van der Waals surface area (Å²) in [6, 6.07) is 2.33. The molecule has 19 heavy (non-hydrogen) atoms. The molecule has 0 saturated carbocycles. The first-order valence-corrected chi connectivity index (χ1v) is 6.48. The van der Waals surface area contributed by atoms with Gasteiger partial charge in [-0.1, -0.05) is 0 Å². The number of aromatic nitrogens is 1. The maximum absolute atomic E-state index is 11.0. The van der Waals surface area contributed by atoms with Crippen LogP contribution in [-0.2, 0) is 9.59 Å². The van der Waals surface area contributed by atoms with Crippen molar-refractivity contribution in [3.63, 3.8) is 0 Å². The first kappa shape index (κ1) is 15.2. The van der Waals surface area contributed by atoms with E-state index in [0.717, 1.165) is 4.90 Å². The number of nitrogens with zero attached hydrogens (tertiary/aromatic N) is 1. The lowest BCUT2D eigenvalue weighted by Crippen LogP contribution is -2.41. The Balaban J connectivity index is 2.61. The number of rotatable bonds is 6. The second-order valence-electron chi connectivity index (χ2n) is 3.84. The molecule has 1 rings (SSSR count). The van der Waals surface area contributed by atoms with Crippen LogP contribution in [0.4, 0.5) is 0 Å². The van der Waals surface area contributed by atoms with Gasteiger partial charge in [0, 0.05) is 30.7 Å². The van der Waals surface area contributed by atoms with E-state index < -0.39 is 17.9 Å². The van der Waals surface area contributed by atoms with E-state index in [1.165, 1.54) is 31.8 Å². The molecule has 1 amide bonds. The van der Waals surface area contributed by atoms with Gasteiger partial charge < -0.3 is 10.4 Å². The summed E-state index contributed by atoms with van der Waals surface area (Å²) in [7, 11) is 0. The molecule has 7 heteroatoms. The fourth-order valence-electron chi connectivity index (χ4n) is 1.27. The van der Waals surface area contributed by atoms with Gasteiger partial charge in [0.05, 0.1) is 0 Å². The van der Waals surface area contributed by atoms with Gasteiger partial charge in [0.2, 0.25) is 5.91 Å². The van der Waals surface area contributed by atoms with Crippen molar-refractivity contribution in [2.24, 2.45) is 0 Å². The normalized spacial score (nSPS) is 11.7. The van der Waals surface area contributed by atoms with E-state index in [9.17, 15) is 14.4 Å². The number of nitrogens with one attached hydrogen (secondary N) is 1. The number of hydrogen-bond donors (Lipinski definition) is 2. The van der Waals surface area contributed by atoms with Gasteiger partial charge in [-0.3, -0.25) is 14.6 Å². The Morgan fingerprint density at radius 3 is 2.47 bits per heavy atom. The maximum atomic E-state index is 11.0. The van der Waals surface area contributed by atoms with E-state index >= 15 is 0 Å². The van der Waals surface area contributed by atoms with Crippen molar-refractivity contribution in [1.29, 1.82) is 0 Å². The van der Waals surface area contributed by atoms with Crippen molar-refractivity contribution < 1.29 is 19.5 Å². The van der Waals surface area contributed by atoms with Gasteiger partial charge in [-0.05, 0) is 12.1 Å². The number of hydrogen-bond acceptors (Lipinski definition) is 5. The van der Waals surface area contributed by atoms with Crippen molar-refractivity contribution in [2.45, 2.75) is 24.8 Å². The molecule has 0 saturated heterocycles. The van der Waals surface area contributed by atoms with Crippen molar-refractivity contribution >= 4 is 29.4 Å². The fraction of sp³-hybridized carbons (Fsp3) is 0.333. The number of aliphatic carboxylic acids is 1. The highest BCUT2D eigenvalue weighted by molar-refractivity contribution is 7.99. The molecule has 0 aliphatic carbocycles. The van der Waals surface area contributed by atoms with E-state index in [4.69, 9.17) is 5.11 Å². The molecule has 1 atom stereocenters. The first-order valence-electron chi connectivity index (χ1n) is 5.50. The predicted molar refractivity (Wildman–Crippen MR) is 70.2 cm³/mol. The van der Waals surface area contributed by atoms with Crippen LogP contribution >= 0.6 is 11.8 Å². The molecule has 102 valence electrons. The number of Topliss-reactive ketones (excluding diaryl/α,β-unsaturated/α-hetero) is 1. The Bertz CT molecular complexity index is 487. The molecule has 0 aromatic carbocycles. The minimum atomic E-state index is -1.09. The van der Waals surface area contributed by atoms with Gasteiger partial charge in [-0.15, -0.1) is 11.8 Å². The molecular weight excluding hydrogens is 268 g/mol. The van der Waals surface area contributed by atoms with Crippen LogP contribution in [0.5, 0.6) is 0 Å². The number of carbonyl (C=O) groups excluding carboxylic acids is 2. The zero-order valence-electron chi connectivity index (χ0n) is 10.5. The minimum Gasteiger partial charge on any atom is -0.480 e. The monoisotopic (exact) mass is 282 g/mol. The van der Waals surface area contributed by atoms with E-state index in [-0.39, 0.29) is 11.5 Å². The number of carboxylic acid groups (broad SMARTS) is 1. The number of carbonyl (C=O) groups is 3. The van der Waals surface area contributed by atoms with Gasteiger partial charge in [-0.2, -0.15) is 0 Å². The molecule has 0 radical (unpaired) electrons. The van der Waals surface area contributed by atoms with Gasteiger partial charge in [0.25, 0.3) is 0 Å². The highest BCUT2D eigenvalue weighted by Gasteiger charge is 2.18. The largest absolute Gasteiger partial charge is 0.480 e. The van der Waals surface area contributed by atoms with Crippen LogP contribution < -0.4 is 5.32 Å². The molecule has 6 nitrogen and oxygen atoms in total. The number of pyridine rings is 1. The molecule has 1 aromatic heterocycles. The van der Waals surface area contributed by atoms with Gasteiger partial charge in [0.15, 0.2) is 5.78 Å². The lowest BCUT2D eigenvalue weighted by molar-refractivity contribution is -0.140. The van der Waals surface area contributed by atoms with Crippen molar-refractivity contribution in [1.82, 2.24) is 10.3 Å². The topological polar surface area (TPSA) is 96.4 Å². The molecule has 0 aliphatic rings. The summed E-state index contributed by atoms with van der Waals surface area (Å²) in [5.41, 5.74) is 0.362. The third-order valence-corrected chi connectivity index (χ3v) is 3.26. The van der Waals surface area contributed by atoms with Gasteiger partial charge in [0.1, 0.15) is 11.7 Å². The van der Waals surface area contributed by atoms with Crippen LogP contribution in [0, 0.1) is 0 Å². The zero-order chi connectivity index (χ0) is 14.4. The lowest BCUT2D eigenvalue weighted by atomic mass is 10.3. The Morgan fingerprint density at radius 2 is 2.05 bits per heavy atom. The molecule has 1 aromatic rings. The van der Waals surface area contributed by atoms with E-state index in [1.807, 2.05) is 0 Å². The number of carboxylic acids is 1. The van der Waals surface area contributed by atoms with Crippen LogP contribution in [0.2, 0.25) is 0 Å². The third kappa shape index (κ3) is 5.09. The van der Waals surface area contributed by atoms with E-state index in [1.54, 1.807) is 12.1 Å². The Morgan fingerprint density at radius 1 is 1.37 bits per heavy atom. The Hall–Kier alpha value is -1.89. The summed E-state index contributed by atoms with van der Waals surface area (Å²) < 4.78 is 0. The van der Waals surface area contributed by atoms with Gasteiger partial charge >= 0.3 is 5.97 Å². The second-order valence-corrected chi connectivity index (χ2v) is 4.93. The standard InChI is InChI=1S/C12H14N2O4S/c1-7(15)10-4-3-9(5-13-10)19-6-11(12(17)18)14-8(2)16/h3-5,11H,6H2,1-2H3,(H,14,16)(H,17,18)/t11-/m0/s1. The Labute approximate surface area is 114 Å². The average molecular weight is 282 g/mol. The summed E-state index contributed by atoms with van der Waals surface area (Å²) in [6.07, 6.45) is 1.51. The summed E-state index contributed by atoms with van der Waals surface area (Å²) in [5, 5.41) is 11.3. The lowest BCUT2D eigenvalue weighted by Gasteiger charge is -2.12. The highest BCUT2D eigenvalue weighted by Crippen LogP contribution is 2.18. The zero-order valence-corrected chi connectivity index (χ0v) is 11.4. The quantitative estimate of drug-likeness (QED) is 0.596. The summed E-state index contributed by atoms with van der Waals surface area (Å²) in [4.78, 5) is 37.5. The van der Waals surface area contributed by atoms with Crippen LogP contribution in [0.1, 0.15) is 24.3 Å². The van der Waals surface area contributed by atoms with Crippen LogP contribution in [0.25, 0.3) is 0 Å².